The molecular formula is C24H28N4O5. The standard InChI is InChI=1S/C24H28N4O5/c1-13(2)21(24(31)25-5)28-23(30)19-7-6-18(33-19)17-11-16(8-9-26-17)12-27-22(29)20-10-14(3)15(4)32-20/h6-11,13,21H,12H2,1-5H3,(H,25,31)(H,27,29)(H,28,30)/t21-/m0/s1. The molecule has 0 saturated heterocycles. The summed E-state index contributed by atoms with van der Waals surface area (Å²) in [5, 5.41) is 8.05. The Bertz CT molecular complexity index is 1140. The third kappa shape index (κ3) is 5.68. The van der Waals surface area contributed by atoms with Gasteiger partial charge in [-0.1, -0.05) is 13.8 Å². The lowest BCUT2D eigenvalue weighted by Crippen LogP contribution is -2.48. The van der Waals surface area contributed by atoms with E-state index in [-0.39, 0.29) is 35.8 Å². The van der Waals surface area contributed by atoms with E-state index < -0.39 is 11.9 Å². The zero-order valence-corrected chi connectivity index (χ0v) is 19.3. The Hall–Kier alpha value is -3.88. The summed E-state index contributed by atoms with van der Waals surface area (Å²) in [6.45, 7) is 7.64. The summed E-state index contributed by atoms with van der Waals surface area (Å²) in [6, 6.07) is 7.73. The van der Waals surface area contributed by atoms with Gasteiger partial charge in [0.15, 0.2) is 17.3 Å². The number of carbonyl (C=O) groups excluding carboxylic acids is 3. The van der Waals surface area contributed by atoms with Gasteiger partial charge in [-0.25, -0.2) is 0 Å². The Morgan fingerprint density at radius 3 is 2.39 bits per heavy atom. The summed E-state index contributed by atoms with van der Waals surface area (Å²) in [5.74, 6) is 0.271. The fourth-order valence-corrected chi connectivity index (χ4v) is 3.17. The van der Waals surface area contributed by atoms with Crippen molar-refractivity contribution in [3.05, 3.63) is 64.9 Å². The maximum absolute atomic E-state index is 12.6. The first-order valence-electron chi connectivity index (χ1n) is 10.6. The average molecular weight is 453 g/mol. The van der Waals surface area contributed by atoms with Gasteiger partial charge in [-0.05, 0) is 61.2 Å². The van der Waals surface area contributed by atoms with E-state index in [4.69, 9.17) is 8.83 Å². The lowest BCUT2D eigenvalue weighted by Gasteiger charge is -2.19. The number of carbonyl (C=O) groups is 3. The average Bonchev–Trinajstić information content (AvgIpc) is 3.42. The normalized spacial score (nSPS) is 11.8. The van der Waals surface area contributed by atoms with Crippen LogP contribution >= 0.6 is 0 Å². The van der Waals surface area contributed by atoms with E-state index in [1.54, 1.807) is 37.4 Å². The van der Waals surface area contributed by atoms with Crippen molar-refractivity contribution in [1.82, 2.24) is 20.9 Å². The van der Waals surface area contributed by atoms with Gasteiger partial charge < -0.3 is 24.8 Å². The molecule has 3 N–H and O–H groups in total. The lowest BCUT2D eigenvalue weighted by atomic mass is 10.0. The van der Waals surface area contributed by atoms with E-state index in [0.29, 0.717) is 17.2 Å². The number of aryl methyl sites for hydroxylation is 2. The first kappa shape index (κ1) is 23.8. The minimum absolute atomic E-state index is 0.0728. The Balaban J connectivity index is 1.67. The van der Waals surface area contributed by atoms with Crippen LogP contribution in [0.2, 0.25) is 0 Å². The largest absolute Gasteiger partial charge is 0.456 e. The molecule has 0 spiro atoms. The van der Waals surface area contributed by atoms with Crippen molar-refractivity contribution in [2.24, 2.45) is 5.92 Å². The van der Waals surface area contributed by atoms with Gasteiger partial charge in [-0.15, -0.1) is 0 Å². The predicted molar refractivity (Wildman–Crippen MR) is 121 cm³/mol. The maximum Gasteiger partial charge on any atom is 0.287 e. The van der Waals surface area contributed by atoms with Gasteiger partial charge in [0, 0.05) is 19.8 Å². The second-order valence-corrected chi connectivity index (χ2v) is 8.06. The Morgan fingerprint density at radius 2 is 1.76 bits per heavy atom. The Labute approximate surface area is 192 Å². The van der Waals surface area contributed by atoms with Crippen LogP contribution in [0.5, 0.6) is 0 Å². The van der Waals surface area contributed by atoms with Gasteiger partial charge >= 0.3 is 0 Å². The molecule has 0 bridgehead atoms. The lowest BCUT2D eigenvalue weighted by molar-refractivity contribution is -0.123. The number of aromatic nitrogens is 1. The molecule has 3 aromatic rings. The molecule has 174 valence electrons. The van der Waals surface area contributed by atoms with Crippen molar-refractivity contribution in [1.29, 1.82) is 0 Å². The molecule has 0 aliphatic rings. The van der Waals surface area contributed by atoms with Crippen molar-refractivity contribution in [2.75, 3.05) is 7.05 Å². The van der Waals surface area contributed by atoms with Crippen LogP contribution in [0.3, 0.4) is 0 Å². The maximum atomic E-state index is 12.6. The van der Waals surface area contributed by atoms with Crippen molar-refractivity contribution < 1.29 is 23.2 Å². The first-order chi connectivity index (χ1) is 15.7. The molecule has 9 heteroatoms. The summed E-state index contributed by atoms with van der Waals surface area (Å²) >= 11 is 0. The fraction of sp³-hybridized carbons (Fsp3) is 0.333. The molecule has 3 heterocycles. The second kappa shape index (κ2) is 10.2. The van der Waals surface area contributed by atoms with E-state index in [1.165, 1.54) is 13.1 Å². The van der Waals surface area contributed by atoms with E-state index >= 15 is 0 Å². The zero-order valence-electron chi connectivity index (χ0n) is 19.3. The highest BCUT2D eigenvalue weighted by molar-refractivity contribution is 5.96. The van der Waals surface area contributed by atoms with E-state index in [2.05, 4.69) is 20.9 Å². The van der Waals surface area contributed by atoms with Gasteiger partial charge in [-0.2, -0.15) is 0 Å². The van der Waals surface area contributed by atoms with Crippen LogP contribution in [0.4, 0.5) is 0 Å². The molecule has 9 nitrogen and oxygen atoms in total. The Kier molecular flexibility index (Phi) is 7.32. The number of rotatable bonds is 8. The number of amides is 3. The number of likely N-dealkylation sites (N-methyl/N-ethyl adjacent to an activating group) is 1. The van der Waals surface area contributed by atoms with Gasteiger partial charge in [0.25, 0.3) is 11.8 Å². The summed E-state index contributed by atoms with van der Waals surface area (Å²) in [7, 11) is 1.52. The van der Waals surface area contributed by atoms with Crippen molar-refractivity contribution in [2.45, 2.75) is 40.3 Å². The smallest absolute Gasteiger partial charge is 0.287 e. The van der Waals surface area contributed by atoms with E-state index in [0.717, 1.165) is 11.1 Å². The van der Waals surface area contributed by atoms with E-state index in [9.17, 15) is 14.4 Å². The molecule has 0 fully saturated rings. The number of pyridine rings is 1. The third-order valence-corrected chi connectivity index (χ3v) is 5.23. The molecule has 1 atom stereocenters. The first-order valence-corrected chi connectivity index (χ1v) is 10.6. The Morgan fingerprint density at radius 1 is 1.00 bits per heavy atom. The monoisotopic (exact) mass is 452 g/mol. The van der Waals surface area contributed by atoms with Crippen LogP contribution < -0.4 is 16.0 Å². The molecule has 33 heavy (non-hydrogen) atoms. The van der Waals surface area contributed by atoms with Gasteiger partial charge in [0.2, 0.25) is 5.91 Å². The van der Waals surface area contributed by atoms with Crippen LogP contribution in [0.15, 0.2) is 45.4 Å². The van der Waals surface area contributed by atoms with Crippen molar-refractivity contribution >= 4 is 17.7 Å². The summed E-state index contributed by atoms with van der Waals surface area (Å²) < 4.78 is 11.1. The highest BCUT2D eigenvalue weighted by atomic mass is 16.4. The SMILES string of the molecule is CNC(=O)[C@@H](NC(=O)c1ccc(-c2cc(CNC(=O)c3cc(C)c(C)o3)ccn2)o1)C(C)C. The number of hydrogen-bond donors (Lipinski definition) is 3. The van der Waals surface area contributed by atoms with E-state index in [1.807, 2.05) is 20.8 Å². The molecule has 0 saturated carbocycles. The highest BCUT2D eigenvalue weighted by Crippen LogP contribution is 2.21. The topological polar surface area (TPSA) is 126 Å². The zero-order chi connectivity index (χ0) is 24.1. The van der Waals surface area contributed by atoms with Crippen LogP contribution in [-0.2, 0) is 11.3 Å². The number of hydrogen-bond acceptors (Lipinski definition) is 6. The molecule has 0 aliphatic heterocycles. The molecule has 3 aromatic heterocycles. The number of furan rings is 2. The van der Waals surface area contributed by atoms with Gasteiger partial charge in [0.05, 0.1) is 0 Å². The minimum atomic E-state index is -0.678. The van der Waals surface area contributed by atoms with Gasteiger partial charge in [-0.3, -0.25) is 19.4 Å². The molecule has 0 unspecified atom stereocenters. The molecule has 0 radical (unpaired) electrons. The van der Waals surface area contributed by atoms with Crippen LogP contribution in [0.25, 0.3) is 11.5 Å². The molecule has 3 rings (SSSR count). The highest BCUT2D eigenvalue weighted by Gasteiger charge is 2.25. The summed E-state index contributed by atoms with van der Waals surface area (Å²) in [4.78, 5) is 41.2. The second-order valence-electron chi connectivity index (χ2n) is 8.06. The van der Waals surface area contributed by atoms with Crippen molar-refractivity contribution in [3.63, 3.8) is 0 Å². The molecular weight excluding hydrogens is 424 g/mol. The third-order valence-electron chi connectivity index (χ3n) is 5.23. The van der Waals surface area contributed by atoms with Crippen molar-refractivity contribution in [3.8, 4) is 11.5 Å². The summed E-state index contributed by atoms with van der Waals surface area (Å²) in [5.41, 5.74) is 2.23. The van der Waals surface area contributed by atoms with Gasteiger partial charge in [0.1, 0.15) is 17.5 Å². The minimum Gasteiger partial charge on any atom is -0.456 e. The molecule has 0 aliphatic carbocycles. The van der Waals surface area contributed by atoms with Crippen LogP contribution in [-0.4, -0.2) is 35.8 Å². The van der Waals surface area contributed by atoms with Crippen LogP contribution in [0, 0.1) is 19.8 Å². The fourth-order valence-electron chi connectivity index (χ4n) is 3.17. The number of nitrogens with one attached hydrogen (secondary N) is 3. The molecule has 3 amide bonds. The predicted octanol–water partition coefficient (Wildman–Crippen LogP) is 2.98. The number of nitrogens with zero attached hydrogens (tertiary/aromatic N) is 1. The summed E-state index contributed by atoms with van der Waals surface area (Å²) in [6.07, 6.45) is 1.60. The quantitative estimate of drug-likeness (QED) is 0.482. The van der Waals surface area contributed by atoms with Crippen LogP contribution in [0.1, 0.15) is 51.8 Å². The molecule has 0 aromatic carbocycles.